The lowest BCUT2D eigenvalue weighted by atomic mass is 9.96. The highest BCUT2D eigenvalue weighted by molar-refractivity contribution is 7.08. The third kappa shape index (κ3) is 1.93. The molecule has 1 rings (SSSR count). The highest BCUT2D eigenvalue weighted by Crippen LogP contribution is 2.13. The van der Waals surface area contributed by atoms with E-state index in [0.29, 0.717) is 0 Å². The third-order valence-corrected chi connectivity index (χ3v) is 2.69. The van der Waals surface area contributed by atoms with Crippen LogP contribution in [0.1, 0.15) is 24.2 Å². The molecule has 1 heterocycles. The Labute approximate surface area is 76.4 Å². The van der Waals surface area contributed by atoms with Crippen LogP contribution in [0, 0.1) is 5.92 Å². The van der Waals surface area contributed by atoms with Gasteiger partial charge in [-0.15, -0.1) is 0 Å². The van der Waals surface area contributed by atoms with Crippen molar-refractivity contribution >= 4 is 17.1 Å². The molecule has 0 aliphatic carbocycles. The predicted molar refractivity (Wildman–Crippen MR) is 51.5 cm³/mol. The van der Waals surface area contributed by atoms with Gasteiger partial charge in [0.2, 0.25) is 0 Å². The van der Waals surface area contributed by atoms with Crippen molar-refractivity contribution in [2.45, 2.75) is 19.9 Å². The van der Waals surface area contributed by atoms with Gasteiger partial charge >= 0.3 is 0 Å². The summed E-state index contributed by atoms with van der Waals surface area (Å²) in [6.07, 6.45) is 0. The van der Waals surface area contributed by atoms with E-state index in [1.165, 1.54) is 11.3 Å². The van der Waals surface area contributed by atoms with Gasteiger partial charge in [-0.05, 0) is 18.4 Å². The minimum Gasteiger partial charge on any atom is -0.327 e. The van der Waals surface area contributed by atoms with Crippen LogP contribution in [0.4, 0.5) is 0 Å². The van der Waals surface area contributed by atoms with E-state index in [4.69, 9.17) is 5.73 Å². The summed E-state index contributed by atoms with van der Waals surface area (Å²) in [7, 11) is 0. The fraction of sp³-hybridized carbons (Fsp3) is 0.444. The summed E-state index contributed by atoms with van der Waals surface area (Å²) in [6, 6.07) is 1.77. The lowest BCUT2D eigenvalue weighted by Crippen LogP contribution is -2.30. The molecule has 0 aromatic carbocycles. The minimum atomic E-state index is -0.0837. The second-order valence-electron chi connectivity index (χ2n) is 3.02. The third-order valence-electron chi connectivity index (χ3n) is 2.01. The number of hydrogen-bond donors (Lipinski definition) is 1. The number of ketones is 1. The summed E-state index contributed by atoms with van der Waals surface area (Å²) in [5, 5.41) is 3.77. The van der Waals surface area contributed by atoms with E-state index in [-0.39, 0.29) is 17.7 Å². The molecule has 2 N–H and O–H groups in total. The van der Waals surface area contributed by atoms with Crippen molar-refractivity contribution in [1.82, 2.24) is 0 Å². The van der Waals surface area contributed by atoms with E-state index < -0.39 is 0 Å². The largest absolute Gasteiger partial charge is 0.327 e. The molecule has 0 radical (unpaired) electrons. The second-order valence-corrected chi connectivity index (χ2v) is 3.80. The Bertz CT molecular complexity index is 254. The lowest BCUT2D eigenvalue weighted by molar-refractivity contribution is 0.0917. The first-order chi connectivity index (χ1) is 5.63. The van der Waals surface area contributed by atoms with Crippen LogP contribution in [-0.2, 0) is 0 Å². The van der Waals surface area contributed by atoms with E-state index in [0.717, 1.165) is 5.56 Å². The maximum atomic E-state index is 11.6. The maximum Gasteiger partial charge on any atom is 0.168 e. The van der Waals surface area contributed by atoms with Crippen LogP contribution in [0.5, 0.6) is 0 Å². The first-order valence-corrected chi connectivity index (χ1v) is 4.89. The second kappa shape index (κ2) is 3.83. The summed E-state index contributed by atoms with van der Waals surface area (Å²) in [5.41, 5.74) is 6.41. The Morgan fingerprint density at radius 1 is 1.58 bits per heavy atom. The van der Waals surface area contributed by atoms with Crippen molar-refractivity contribution in [3.8, 4) is 0 Å². The zero-order valence-corrected chi connectivity index (χ0v) is 8.10. The van der Waals surface area contributed by atoms with Crippen LogP contribution in [0.15, 0.2) is 16.8 Å². The number of carbonyl (C=O) groups excluding carboxylic acids is 1. The number of carbonyl (C=O) groups is 1. The van der Waals surface area contributed by atoms with E-state index >= 15 is 0 Å². The van der Waals surface area contributed by atoms with Gasteiger partial charge in [-0.3, -0.25) is 4.79 Å². The highest BCUT2D eigenvalue weighted by atomic mass is 32.1. The molecule has 1 aromatic heterocycles. The summed E-state index contributed by atoms with van der Waals surface area (Å²) in [6.45, 7) is 3.72. The smallest absolute Gasteiger partial charge is 0.168 e. The Morgan fingerprint density at radius 2 is 2.25 bits per heavy atom. The van der Waals surface area contributed by atoms with Gasteiger partial charge in [0.1, 0.15) is 0 Å². The van der Waals surface area contributed by atoms with Gasteiger partial charge in [-0.2, -0.15) is 11.3 Å². The number of thiophene rings is 1. The van der Waals surface area contributed by atoms with Gasteiger partial charge in [0.25, 0.3) is 0 Å². The minimum absolute atomic E-state index is 0.0719. The molecular formula is C9H13NOS. The van der Waals surface area contributed by atoms with Crippen LogP contribution >= 0.6 is 11.3 Å². The molecule has 0 amide bonds. The predicted octanol–water partition coefficient (Wildman–Crippen LogP) is 1.91. The molecule has 0 fully saturated rings. The molecule has 66 valence electrons. The van der Waals surface area contributed by atoms with Crippen molar-refractivity contribution in [1.29, 1.82) is 0 Å². The normalized spacial score (nSPS) is 15.6. The Morgan fingerprint density at radius 3 is 2.67 bits per heavy atom. The molecule has 1 aromatic rings. The van der Waals surface area contributed by atoms with Gasteiger partial charge < -0.3 is 5.73 Å². The van der Waals surface area contributed by atoms with Crippen molar-refractivity contribution in [2.75, 3.05) is 0 Å². The number of nitrogens with two attached hydrogens (primary N) is 1. The number of hydrogen-bond acceptors (Lipinski definition) is 3. The molecule has 0 aliphatic rings. The zero-order valence-electron chi connectivity index (χ0n) is 7.28. The molecule has 0 aliphatic heterocycles. The van der Waals surface area contributed by atoms with E-state index in [1.54, 1.807) is 0 Å². The van der Waals surface area contributed by atoms with Crippen LogP contribution in [-0.4, -0.2) is 11.8 Å². The molecular weight excluding hydrogens is 170 g/mol. The lowest BCUT2D eigenvalue weighted by Gasteiger charge is -2.12. The van der Waals surface area contributed by atoms with Gasteiger partial charge in [0, 0.05) is 22.9 Å². The number of rotatable bonds is 3. The summed E-state index contributed by atoms with van der Waals surface area (Å²) >= 11 is 1.54. The fourth-order valence-corrected chi connectivity index (χ4v) is 1.55. The van der Waals surface area contributed by atoms with Gasteiger partial charge in [0.05, 0.1) is 0 Å². The molecule has 0 saturated heterocycles. The summed E-state index contributed by atoms with van der Waals surface area (Å²) < 4.78 is 0. The molecule has 0 spiro atoms. The van der Waals surface area contributed by atoms with E-state index in [1.807, 2.05) is 30.7 Å². The average molecular weight is 183 g/mol. The molecule has 2 nitrogen and oxygen atoms in total. The quantitative estimate of drug-likeness (QED) is 0.727. The first-order valence-electron chi connectivity index (χ1n) is 3.95. The molecule has 2 atom stereocenters. The van der Waals surface area contributed by atoms with Crippen molar-refractivity contribution in [3.05, 3.63) is 22.4 Å². The topological polar surface area (TPSA) is 43.1 Å². The molecule has 0 bridgehead atoms. The van der Waals surface area contributed by atoms with Gasteiger partial charge in [-0.1, -0.05) is 6.92 Å². The molecule has 12 heavy (non-hydrogen) atoms. The van der Waals surface area contributed by atoms with Crippen molar-refractivity contribution in [2.24, 2.45) is 11.7 Å². The van der Waals surface area contributed by atoms with Crippen molar-refractivity contribution < 1.29 is 4.79 Å². The Balaban J connectivity index is 2.72. The Hall–Kier alpha value is -0.670. The fourth-order valence-electron chi connectivity index (χ4n) is 0.906. The summed E-state index contributed by atoms with van der Waals surface area (Å²) in [4.78, 5) is 11.6. The van der Waals surface area contributed by atoms with Crippen LogP contribution in [0.2, 0.25) is 0 Å². The first kappa shape index (κ1) is 9.42. The average Bonchev–Trinajstić information content (AvgIpc) is 2.53. The Kier molecular flexibility index (Phi) is 3.00. The van der Waals surface area contributed by atoms with Crippen LogP contribution < -0.4 is 5.73 Å². The highest BCUT2D eigenvalue weighted by Gasteiger charge is 2.18. The standard InChI is InChI=1S/C9H13NOS/c1-6(7(2)10)9(11)8-3-4-12-5-8/h3-7H,10H2,1-2H3. The van der Waals surface area contributed by atoms with Crippen molar-refractivity contribution in [3.63, 3.8) is 0 Å². The summed E-state index contributed by atoms with van der Waals surface area (Å²) in [5.74, 6) is 0.0610. The molecule has 0 saturated carbocycles. The maximum absolute atomic E-state index is 11.6. The van der Waals surface area contributed by atoms with Crippen LogP contribution in [0.3, 0.4) is 0 Å². The van der Waals surface area contributed by atoms with Gasteiger partial charge in [-0.25, -0.2) is 0 Å². The monoisotopic (exact) mass is 183 g/mol. The number of Topliss-reactive ketones (excluding diaryl/α,β-unsaturated/α-hetero) is 1. The SMILES string of the molecule is CC(N)C(C)C(=O)c1ccsc1. The zero-order chi connectivity index (χ0) is 9.14. The van der Waals surface area contributed by atoms with Gasteiger partial charge in [0.15, 0.2) is 5.78 Å². The van der Waals surface area contributed by atoms with E-state index in [2.05, 4.69) is 0 Å². The molecule has 2 unspecified atom stereocenters. The van der Waals surface area contributed by atoms with Crippen LogP contribution in [0.25, 0.3) is 0 Å². The van der Waals surface area contributed by atoms with E-state index in [9.17, 15) is 4.79 Å². The molecule has 3 heteroatoms.